The molecule has 0 aliphatic rings. The van der Waals surface area contributed by atoms with Crippen LogP contribution in [0.25, 0.3) is 0 Å². The number of nitrogens with one attached hydrogen (secondary N) is 1. The van der Waals surface area contributed by atoms with Crippen LogP contribution in [0.2, 0.25) is 0 Å². The molecular weight excluding hydrogens is 306 g/mol. The molecule has 126 valence electrons. The summed E-state index contributed by atoms with van der Waals surface area (Å²) in [6.45, 7) is 5.15. The Labute approximate surface area is 141 Å². The molecule has 2 aromatic carbocycles. The number of para-hydroxylation sites is 1. The topological polar surface area (TPSA) is 64.6 Å². The predicted octanol–water partition coefficient (Wildman–Crippen LogP) is 3.17. The minimum atomic E-state index is -0.587. The van der Waals surface area contributed by atoms with E-state index in [1.54, 1.807) is 6.07 Å². The lowest BCUT2D eigenvalue weighted by atomic mass is 10.1. The standard InChI is InChI=1S/C19H21NO4/c1-13-8-9-15(3)17(10-13)23-12-19(22)24-11-18(21)20-16-7-5-4-6-14(16)2/h4-10H,11-12H2,1-3H3,(H,20,21). The minimum absolute atomic E-state index is 0.234. The molecule has 5 heteroatoms. The quantitative estimate of drug-likeness (QED) is 0.828. The van der Waals surface area contributed by atoms with Gasteiger partial charge in [-0.25, -0.2) is 4.79 Å². The molecule has 0 aromatic heterocycles. The maximum atomic E-state index is 11.8. The molecule has 24 heavy (non-hydrogen) atoms. The zero-order valence-electron chi connectivity index (χ0n) is 14.1. The van der Waals surface area contributed by atoms with Crippen LogP contribution in [0.3, 0.4) is 0 Å². The molecule has 2 rings (SSSR count). The molecule has 1 amide bonds. The SMILES string of the molecule is Cc1ccc(C)c(OCC(=O)OCC(=O)Nc2ccccc2C)c1. The van der Waals surface area contributed by atoms with Crippen LogP contribution in [0.4, 0.5) is 5.69 Å². The fourth-order valence-corrected chi connectivity index (χ4v) is 2.09. The number of anilines is 1. The molecule has 1 N–H and O–H groups in total. The minimum Gasteiger partial charge on any atom is -0.482 e. The van der Waals surface area contributed by atoms with E-state index in [2.05, 4.69) is 5.32 Å². The number of esters is 1. The summed E-state index contributed by atoms with van der Waals surface area (Å²) in [6, 6.07) is 13.1. The fraction of sp³-hybridized carbons (Fsp3) is 0.263. The Balaban J connectivity index is 1.77. The third-order valence-electron chi connectivity index (χ3n) is 3.47. The van der Waals surface area contributed by atoms with Gasteiger partial charge in [-0.15, -0.1) is 0 Å². The molecule has 0 radical (unpaired) electrons. The second-order valence-electron chi connectivity index (χ2n) is 5.58. The molecule has 0 saturated carbocycles. The maximum absolute atomic E-state index is 11.8. The van der Waals surface area contributed by atoms with E-state index in [0.717, 1.165) is 16.7 Å². The molecule has 0 fully saturated rings. The molecule has 5 nitrogen and oxygen atoms in total. The van der Waals surface area contributed by atoms with E-state index in [9.17, 15) is 9.59 Å². The Morgan fingerprint density at radius 2 is 1.71 bits per heavy atom. The van der Waals surface area contributed by atoms with Crippen molar-refractivity contribution in [1.82, 2.24) is 0 Å². The van der Waals surface area contributed by atoms with Crippen molar-refractivity contribution in [2.45, 2.75) is 20.8 Å². The van der Waals surface area contributed by atoms with Crippen molar-refractivity contribution in [1.29, 1.82) is 0 Å². The third-order valence-corrected chi connectivity index (χ3v) is 3.47. The van der Waals surface area contributed by atoms with Gasteiger partial charge < -0.3 is 14.8 Å². The van der Waals surface area contributed by atoms with Crippen LogP contribution >= 0.6 is 0 Å². The highest BCUT2D eigenvalue weighted by Crippen LogP contribution is 2.19. The molecular formula is C19H21NO4. The average Bonchev–Trinajstić information content (AvgIpc) is 2.56. The van der Waals surface area contributed by atoms with Crippen LogP contribution in [0.1, 0.15) is 16.7 Å². The highest BCUT2D eigenvalue weighted by atomic mass is 16.6. The van der Waals surface area contributed by atoms with E-state index in [1.165, 1.54) is 0 Å². The summed E-state index contributed by atoms with van der Waals surface area (Å²) in [4.78, 5) is 23.5. The predicted molar refractivity (Wildman–Crippen MR) is 92.2 cm³/mol. The van der Waals surface area contributed by atoms with E-state index in [0.29, 0.717) is 11.4 Å². The summed E-state index contributed by atoms with van der Waals surface area (Å²) in [5, 5.41) is 2.70. The Hall–Kier alpha value is -2.82. The molecule has 0 bridgehead atoms. The Kier molecular flexibility index (Phi) is 5.95. The summed E-state index contributed by atoms with van der Waals surface area (Å²) in [5.41, 5.74) is 3.62. The number of ether oxygens (including phenoxy) is 2. The van der Waals surface area contributed by atoms with Crippen molar-refractivity contribution in [2.24, 2.45) is 0 Å². The Morgan fingerprint density at radius 1 is 0.958 bits per heavy atom. The highest BCUT2D eigenvalue weighted by Gasteiger charge is 2.10. The maximum Gasteiger partial charge on any atom is 0.344 e. The monoisotopic (exact) mass is 327 g/mol. The van der Waals surface area contributed by atoms with Gasteiger partial charge in [0.25, 0.3) is 5.91 Å². The van der Waals surface area contributed by atoms with Gasteiger partial charge in [-0.1, -0.05) is 30.3 Å². The van der Waals surface area contributed by atoms with Crippen molar-refractivity contribution in [3.63, 3.8) is 0 Å². The summed E-state index contributed by atoms with van der Waals surface area (Å²) < 4.78 is 10.4. The molecule has 0 unspecified atom stereocenters. The van der Waals surface area contributed by atoms with Gasteiger partial charge in [0.1, 0.15) is 5.75 Å². The second kappa shape index (κ2) is 8.15. The molecule has 0 aliphatic carbocycles. The number of amides is 1. The number of hydrogen-bond donors (Lipinski definition) is 1. The van der Waals surface area contributed by atoms with Gasteiger partial charge in [0.15, 0.2) is 13.2 Å². The van der Waals surface area contributed by atoms with Gasteiger partial charge in [-0.3, -0.25) is 4.79 Å². The average molecular weight is 327 g/mol. The number of hydrogen-bond acceptors (Lipinski definition) is 4. The van der Waals surface area contributed by atoms with Gasteiger partial charge in [-0.05, 0) is 49.6 Å². The van der Waals surface area contributed by atoms with Crippen LogP contribution in [0, 0.1) is 20.8 Å². The van der Waals surface area contributed by atoms with Gasteiger partial charge in [0, 0.05) is 5.69 Å². The summed E-state index contributed by atoms with van der Waals surface area (Å²) in [5.74, 6) is -0.337. The van der Waals surface area contributed by atoms with Gasteiger partial charge >= 0.3 is 5.97 Å². The number of rotatable bonds is 6. The van der Waals surface area contributed by atoms with Crippen molar-refractivity contribution in [3.8, 4) is 5.75 Å². The number of aryl methyl sites for hydroxylation is 3. The summed E-state index contributed by atoms with van der Waals surface area (Å²) >= 11 is 0. The first-order valence-corrected chi connectivity index (χ1v) is 7.67. The molecule has 2 aromatic rings. The first-order chi connectivity index (χ1) is 11.5. The number of carbonyl (C=O) groups excluding carboxylic acids is 2. The van der Waals surface area contributed by atoms with Crippen LogP contribution < -0.4 is 10.1 Å². The smallest absolute Gasteiger partial charge is 0.344 e. The van der Waals surface area contributed by atoms with Crippen LogP contribution in [-0.2, 0) is 14.3 Å². The van der Waals surface area contributed by atoms with E-state index in [1.807, 2.05) is 57.2 Å². The molecule has 0 saturated heterocycles. The van der Waals surface area contributed by atoms with E-state index < -0.39 is 5.97 Å². The van der Waals surface area contributed by atoms with Gasteiger partial charge in [-0.2, -0.15) is 0 Å². The first kappa shape index (κ1) is 17.5. The highest BCUT2D eigenvalue weighted by molar-refractivity contribution is 5.93. The van der Waals surface area contributed by atoms with Crippen molar-refractivity contribution < 1.29 is 19.1 Å². The second-order valence-corrected chi connectivity index (χ2v) is 5.58. The fourth-order valence-electron chi connectivity index (χ4n) is 2.09. The molecule has 0 heterocycles. The molecule has 0 atom stereocenters. The van der Waals surface area contributed by atoms with E-state index in [-0.39, 0.29) is 19.1 Å². The van der Waals surface area contributed by atoms with E-state index in [4.69, 9.17) is 9.47 Å². The Bertz CT molecular complexity index is 740. The van der Waals surface area contributed by atoms with Crippen LogP contribution in [0.5, 0.6) is 5.75 Å². The zero-order valence-corrected chi connectivity index (χ0v) is 14.1. The van der Waals surface area contributed by atoms with Crippen LogP contribution in [0.15, 0.2) is 42.5 Å². The number of carbonyl (C=O) groups is 2. The number of benzene rings is 2. The van der Waals surface area contributed by atoms with E-state index >= 15 is 0 Å². The van der Waals surface area contributed by atoms with Crippen molar-refractivity contribution >= 4 is 17.6 Å². The van der Waals surface area contributed by atoms with Crippen molar-refractivity contribution in [3.05, 3.63) is 59.2 Å². The van der Waals surface area contributed by atoms with Crippen LogP contribution in [-0.4, -0.2) is 25.1 Å². The molecule has 0 aliphatic heterocycles. The third kappa shape index (κ3) is 5.12. The normalized spacial score (nSPS) is 10.1. The first-order valence-electron chi connectivity index (χ1n) is 7.67. The lowest BCUT2D eigenvalue weighted by molar-refractivity contribution is -0.149. The summed E-state index contributed by atoms with van der Waals surface area (Å²) in [7, 11) is 0. The molecule has 0 spiro atoms. The lowest BCUT2D eigenvalue weighted by Gasteiger charge is -2.11. The zero-order chi connectivity index (χ0) is 17.5. The van der Waals surface area contributed by atoms with Gasteiger partial charge in [0.05, 0.1) is 0 Å². The van der Waals surface area contributed by atoms with Crippen molar-refractivity contribution in [2.75, 3.05) is 18.5 Å². The largest absolute Gasteiger partial charge is 0.482 e. The van der Waals surface area contributed by atoms with Gasteiger partial charge in [0.2, 0.25) is 0 Å². The summed E-state index contributed by atoms with van der Waals surface area (Å²) in [6.07, 6.45) is 0. The lowest BCUT2D eigenvalue weighted by Crippen LogP contribution is -2.24. The Morgan fingerprint density at radius 3 is 2.46 bits per heavy atom.